The first-order chi connectivity index (χ1) is 11.2. The van der Waals surface area contributed by atoms with Crippen molar-refractivity contribution < 1.29 is 21.5 Å². The van der Waals surface area contributed by atoms with E-state index < -0.39 is 0 Å². The first kappa shape index (κ1) is 18.3. The Kier molecular flexibility index (Phi) is 6.63. The molecule has 0 saturated carbocycles. The van der Waals surface area contributed by atoms with Crippen LogP contribution in [0.5, 0.6) is 0 Å². The molecule has 6 heteroatoms. The first-order valence-corrected chi connectivity index (χ1v) is 8.34. The van der Waals surface area contributed by atoms with E-state index in [9.17, 15) is 0 Å². The lowest BCUT2D eigenvalue weighted by Crippen LogP contribution is -3.00. The molecule has 0 bridgehead atoms. The van der Waals surface area contributed by atoms with Crippen LogP contribution in [0.4, 0.5) is 16.5 Å². The second-order valence-electron chi connectivity index (χ2n) is 5.30. The molecule has 0 aliphatic carbocycles. The van der Waals surface area contributed by atoms with Gasteiger partial charge in [0.05, 0.1) is 12.2 Å². The van der Waals surface area contributed by atoms with Gasteiger partial charge in [-0.2, -0.15) is 0 Å². The summed E-state index contributed by atoms with van der Waals surface area (Å²) in [5.41, 5.74) is 4.37. The van der Waals surface area contributed by atoms with Crippen LogP contribution in [-0.2, 0) is 13.6 Å². The maximum Gasteiger partial charge on any atom is 0.408 e. The molecule has 3 aromatic rings. The van der Waals surface area contributed by atoms with Gasteiger partial charge in [-0.05, 0) is 53.2 Å². The van der Waals surface area contributed by atoms with Crippen molar-refractivity contribution in [1.29, 1.82) is 0 Å². The van der Waals surface area contributed by atoms with Gasteiger partial charge in [-0.25, -0.2) is 4.57 Å². The molecule has 0 spiro atoms. The number of thiazole rings is 1. The van der Waals surface area contributed by atoms with Gasteiger partial charge in [-0.15, -0.1) is 0 Å². The molecule has 2 aromatic carbocycles. The molecular weight excluding hydrogens is 384 g/mol. The molecule has 0 amide bonds. The largest absolute Gasteiger partial charge is 1.00 e. The smallest absolute Gasteiger partial charge is 0.408 e. The van der Waals surface area contributed by atoms with Crippen molar-refractivity contribution in [1.82, 2.24) is 0 Å². The van der Waals surface area contributed by atoms with Crippen molar-refractivity contribution in [2.45, 2.75) is 13.5 Å². The van der Waals surface area contributed by atoms with E-state index in [0.29, 0.717) is 0 Å². The molecule has 0 fully saturated rings. The third kappa shape index (κ3) is 4.72. The SMILES string of the molecule is Cc1csc(N=Nc2ccc(NCc3ccccc3)cc2)[n+]1C.[Br-]. The fraction of sp³-hybridized carbons (Fsp3) is 0.167. The monoisotopic (exact) mass is 402 g/mol. The maximum atomic E-state index is 4.31. The minimum absolute atomic E-state index is 0. The highest BCUT2D eigenvalue weighted by molar-refractivity contribution is 7.12. The molecule has 124 valence electrons. The zero-order valence-electron chi connectivity index (χ0n) is 13.6. The molecule has 4 nitrogen and oxygen atoms in total. The Balaban J connectivity index is 0.00000208. The van der Waals surface area contributed by atoms with Gasteiger partial charge in [0.25, 0.3) is 0 Å². The Labute approximate surface area is 156 Å². The van der Waals surface area contributed by atoms with Crippen molar-refractivity contribution in [3.63, 3.8) is 0 Å². The number of aromatic nitrogens is 1. The Morgan fingerprint density at radius 3 is 2.33 bits per heavy atom. The predicted molar refractivity (Wildman–Crippen MR) is 94.6 cm³/mol. The van der Waals surface area contributed by atoms with Gasteiger partial charge in [0, 0.05) is 17.6 Å². The van der Waals surface area contributed by atoms with Gasteiger partial charge in [0.2, 0.25) is 0 Å². The predicted octanol–water partition coefficient (Wildman–Crippen LogP) is 1.91. The molecule has 0 aliphatic rings. The highest BCUT2D eigenvalue weighted by Gasteiger charge is 2.11. The summed E-state index contributed by atoms with van der Waals surface area (Å²) in [6.45, 7) is 2.87. The number of azo groups is 1. The van der Waals surface area contributed by atoms with Crippen molar-refractivity contribution >= 4 is 27.8 Å². The summed E-state index contributed by atoms with van der Waals surface area (Å²) >= 11 is 1.59. The Bertz CT molecular complexity index is 798. The van der Waals surface area contributed by atoms with E-state index in [0.717, 1.165) is 23.1 Å². The van der Waals surface area contributed by atoms with Gasteiger partial charge < -0.3 is 22.3 Å². The molecular formula is C18H19BrN4S. The molecule has 1 aromatic heterocycles. The molecule has 3 rings (SSSR count). The fourth-order valence-corrected chi connectivity index (χ4v) is 2.91. The maximum absolute atomic E-state index is 4.31. The highest BCUT2D eigenvalue weighted by Crippen LogP contribution is 2.21. The molecule has 24 heavy (non-hydrogen) atoms. The number of rotatable bonds is 5. The average Bonchev–Trinajstić information content (AvgIpc) is 2.92. The number of halogens is 1. The zero-order valence-corrected chi connectivity index (χ0v) is 16.0. The lowest BCUT2D eigenvalue weighted by Gasteiger charge is -2.05. The number of hydrogen-bond acceptors (Lipinski definition) is 4. The topological polar surface area (TPSA) is 40.6 Å². The second-order valence-corrected chi connectivity index (χ2v) is 6.14. The summed E-state index contributed by atoms with van der Waals surface area (Å²) in [5, 5.41) is 15.0. The zero-order chi connectivity index (χ0) is 16.1. The van der Waals surface area contributed by atoms with Crippen molar-refractivity contribution in [2.75, 3.05) is 5.32 Å². The standard InChI is InChI=1S/C18H18N4S.BrH/c1-14-13-23-18(22(14)2)21-20-17-10-8-16(9-11-17)19-12-15-6-4-3-5-7-15;/h3-11,13H,12H2,1-2H3;1H. The van der Waals surface area contributed by atoms with Gasteiger partial charge in [0.1, 0.15) is 11.4 Å². The van der Waals surface area contributed by atoms with Crippen LogP contribution in [0.15, 0.2) is 70.2 Å². The van der Waals surface area contributed by atoms with Crippen LogP contribution < -0.4 is 26.9 Å². The van der Waals surface area contributed by atoms with Crippen molar-refractivity contribution in [3.05, 3.63) is 71.2 Å². The Hall–Kier alpha value is -2.05. The number of aryl methyl sites for hydroxylation is 1. The van der Waals surface area contributed by atoms with E-state index in [2.05, 4.69) is 40.0 Å². The minimum Gasteiger partial charge on any atom is -1.00 e. The summed E-state index contributed by atoms with van der Waals surface area (Å²) in [7, 11) is 2.00. The van der Waals surface area contributed by atoms with E-state index >= 15 is 0 Å². The molecule has 0 aliphatic heterocycles. The third-order valence-electron chi connectivity index (χ3n) is 3.61. The van der Waals surface area contributed by atoms with Gasteiger partial charge >= 0.3 is 5.13 Å². The third-order valence-corrected chi connectivity index (χ3v) is 4.63. The van der Waals surface area contributed by atoms with Crippen LogP contribution in [0, 0.1) is 6.92 Å². The molecule has 0 saturated heterocycles. The molecule has 1 N–H and O–H groups in total. The molecule has 0 atom stereocenters. The van der Waals surface area contributed by atoms with Gasteiger partial charge in [-0.3, -0.25) is 0 Å². The van der Waals surface area contributed by atoms with Crippen LogP contribution >= 0.6 is 11.3 Å². The Morgan fingerprint density at radius 1 is 1.00 bits per heavy atom. The van der Waals surface area contributed by atoms with Crippen molar-refractivity contribution in [2.24, 2.45) is 17.3 Å². The van der Waals surface area contributed by atoms with E-state index in [1.54, 1.807) is 11.3 Å². The minimum atomic E-state index is 0. The van der Waals surface area contributed by atoms with E-state index in [1.165, 1.54) is 11.3 Å². The molecule has 1 heterocycles. The quantitative estimate of drug-likeness (QED) is 0.513. The highest BCUT2D eigenvalue weighted by atomic mass is 79.9. The number of nitrogens with zero attached hydrogens (tertiary/aromatic N) is 3. The van der Waals surface area contributed by atoms with E-state index in [1.807, 2.05) is 54.1 Å². The summed E-state index contributed by atoms with van der Waals surface area (Å²) in [4.78, 5) is 0. The van der Waals surface area contributed by atoms with Crippen LogP contribution in [0.2, 0.25) is 0 Å². The van der Waals surface area contributed by atoms with Crippen molar-refractivity contribution in [3.8, 4) is 0 Å². The van der Waals surface area contributed by atoms with Crippen LogP contribution in [0.3, 0.4) is 0 Å². The summed E-state index contributed by atoms with van der Waals surface area (Å²) in [6.07, 6.45) is 0. The van der Waals surface area contributed by atoms with Crippen LogP contribution in [0.25, 0.3) is 0 Å². The number of hydrogen-bond donors (Lipinski definition) is 1. The summed E-state index contributed by atoms with van der Waals surface area (Å²) in [6, 6.07) is 18.3. The average molecular weight is 403 g/mol. The normalized spacial score (nSPS) is 10.6. The summed E-state index contributed by atoms with van der Waals surface area (Å²) < 4.78 is 2.03. The van der Waals surface area contributed by atoms with Crippen LogP contribution in [-0.4, -0.2) is 0 Å². The first-order valence-electron chi connectivity index (χ1n) is 7.46. The lowest BCUT2D eigenvalue weighted by atomic mass is 10.2. The lowest BCUT2D eigenvalue weighted by molar-refractivity contribution is -0.660. The van der Waals surface area contributed by atoms with E-state index in [-0.39, 0.29) is 17.0 Å². The summed E-state index contributed by atoms with van der Waals surface area (Å²) in [5.74, 6) is 0. The number of benzene rings is 2. The fourth-order valence-electron chi connectivity index (χ4n) is 2.08. The molecule has 0 radical (unpaired) electrons. The van der Waals surface area contributed by atoms with Gasteiger partial charge in [0.15, 0.2) is 0 Å². The molecule has 0 unspecified atom stereocenters. The van der Waals surface area contributed by atoms with E-state index in [4.69, 9.17) is 0 Å². The number of nitrogens with one attached hydrogen (secondary N) is 1. The van der Waals surface area contributed by atoms with Crippen LogP contribution in [0.1, 0.15) is 11.3 Å². The second kappa shape index (κ2) is 8.70. The van der Waals surface area contributed by atoms with Gasteiger partial charge in [-0.1, -0.05) is 30.3 Å². The number of anilines is 1. The Morgan fingerprint density at radius 2 is 1.71 bits per heavy atom.